The molecule has 3 aromatic rings. The van der Waals surface area contributed by atoms with Crippen molar-refractivity contribution in [2.24, 2.45) is 0 Å². The molecule has 0 atom stereocenters. The van der Waals surface area contributed by atoms with Gasteiger partial charge in [-0.2, -0.15) is 0 Å². The first-order chi connectivity index (χ1) is 12.6. The lowest BCUT2D eigenvalue weighted by molar-refractivity contribution is 0.0954. The van der Waals surface area contributed by atoms with Crippen LogP contribution in [0.25, 0.3) is 0 Å². The molecule has 0 saturated heterocycles. The van der Waals surface area contributed by atoms with Crippen molar-refractivity contribution in [1.82, 2.24) is 9.88 Å². The van der Waals surface area contributed by atoms with Gasteiger partial charge >= 0.3 is 0 Å². The van der Waals surface area contributed by atoms with Crippen LogP contribution in [0.3, 0.4) is 0 Å². The third kappa shape index (κ3) is 3.99. The van der Waals surface area contributed by atoms with E-state index in [-0.39, 0.29) is 5.91 Å². The van der Waals surface area contributed by atoms with E-state index in [4.69, 9.17) is 4.42 Å². The van der Waals surface area contributed by atoms with Crippen LogP contribution >= 0.6 is 0 Å². The van der Waals surface area contributed by atoms with Crippen LogP contribution in [0.15, 0.2) is 59.2 Å². The zero-order valence-electron chi connectivity index (χ0n) is 15.5. The zero-order chi connectivity index (χ0) is 18.5. The van der Waals surface area contributed by atoms with Crippen molar-refractivity contribution in [3.8, 4) is 0 Å². The molecule has 0 radical (unpaired) electrons. The second-order valence-corrected chi connectivity index (χ2v) is 6.46. The van der Waals surface area contributed by atoms with Gasteiger partial charge < -0.3 is 19.2 Å². The maximum absolute atomic E-state index is 12.6. The van der Waals surface area contributed by atoms with Crippen LogP contribution in [0.1, 0.15) is 27.5 Å². The number of hydrogen-bond acceptors (Lipinski definition) is 3. The fourth-order valence-electron chi connectivity index (χ4n) is 3.08. The number of para-hydroxylation sites is 1. The molecular weight excluding hydrogens is 326 g/mol. The zero-order valence-corrected chi connectivity index (χ0v) is 15.5. The molecule has 0 bridgehead atoms. The maximum Gasteiger partial charge on any atom is 0.253 e. The van der Waals surface area contributed by atoms with Gasteiger partial charge in [0.2, 0.25) is 0 Å². The number of furan rings is 1. The highest BCUT2D eigenvalue weighted by molar-refractivity contribution is 5.95. The number of benzene rings is 1. The van der Waals surface area contributed by atoms with Crippen LogP contribution < -0.4 is 10.2 Å². The first-order valence-electron chi connectivity index (χ1n) is 8.79. The normalized spacial score (nSPS) is 10.7. The second-order valence-electron chi connectivity index (χ2n) is 6.46. The number of amides is 1. The van der Waals surface area contributed by atoms with E-state index < -0.39 is 0 Å². The highest BCUT2D eigenvalue weighted by Crippen LogP contribution is 2.17. The van der Waals surface area contributed by atoms with Gasteiger partial charge in [-0.15, -0.1) is 0 Å². The summed E-state index contributed by atoms with van der Waals surface area (Å²) in [5.74, 6) is 0.841. The number of aryl methyl sites for hydroxylation is 1. The lowest BCUT2D eigenvalue weighted by Gasteiger charge is -2.19. The van der Waals surface area contributed by atoms with Crippen LogP contribution in [0.5, 0.6) is 0 Å². The first kappa shape index (κ1) is 17.9. The SMILES string of the molecule is Cc1cc(C(=O)NCCN(C)c2ccccc2)c(C)n1Cc1ccco1. The number of anilines is 1. The van der Waals surface area contributed by atoms with Crippen molar-refractivity contribution >= 4 is 11.6 Å². The van der Waals surface area contributed by atoms with E-state index in [0.717, 1.165) is 34.9 Å². The van der Waals surface area contributed by atoms with Gasteiger partial charge in [0.05, 0.1) is 18.4 Å². The van der Waals surface area contributed by atoms with Crippen molar-refractivity contribution in [2.75, 3.05) is 25.0 Å². The summed E-state index contributed by atoms with van der Waals surface area (Å²) in [6.07, 6.45) is 1.67. The molecule has 0 saturated carbocycles. The molecule has 5 heteroatoms. The van der Waals surface area contributed by atoms with Crippen molar-refractivity contribution < 1.29 is 9.21 Å². The molecule has 0 aliphatic rings. The summed E-state index contributed by atoms with van der Waals surface area (Å²) < 4.78 is 7.52. The lowest BCUT2D eigenvalue weighted by atomic mass is 10.2. The summed E-state index contributed by atoms with van der Waals surface area (Å²) >= 11 is 0. The van der Waals surface area contributed by atoms with E-state index >= 15 is 0 Å². The molecule has 0 fully saturated rings. The molecule has 0 aliphatic carbocycles. The number of hydrogen-bond donors (Lipinski definition) is 1. The number of aromatic nitrogens is 1. The van der Waals surface area contributed by atoms with Crippen molar-refractivity contribution in [3.05, 3.63) is 77.5 Å². The molecule has 2 aromatic heterocycles. The standard InChI is InChI=1S/C21H25N3O2/c1-16-14-20(17(2)24(16)15-19-10-7-13-26-19)21(25)22-11-12-23(3)18-8-5-4-6-9-18/h4-10,13-14H,11-12,15H2,1-3H3,(H,22,25). The highest BCUT2D eigenvalue weighted by Gasteiger charge is 2.16. The smallest absolute Gasteiger partial charge is 0.253 e. The number of carbonyl (C=O) groups is 1. The Bertz CT molecular complexity index is 851. The largest absolute Gasteiger partial charge is 0.467 e. The Morgan fingerprint density at radius 2 is 1.92 bits per heavy atom. The first-order valence-corrected chi connectivity index (χ1v) is 8.79. The van der Waals surface area contributed by atoms with E-state index in [1.165, 1.54) is 0 Å². The molecule has 26 heavy (non-hydrogen) atoms. The minimum atomic E-state index is -0.0368. The average Bonchev–Trinajstić information content (AvgIpc) is 3.26. The van der Waals surface area contributed by atoms with Gasteiger partial charge in [0.15, 0.2) is 0 Å². The molecule has 1 N–H and O–H groups in total. The highest BCUT2D eigenvalue weighted by atomic mass is 16.3. The van der Waals surface area contributed by atoms with Crippen LogP contribution in [0, 0.1) is 13.8 Å². The predicted molar refractivity (Wildman–Crippen MR) is 104 cm³/mol. The number of rotatable bonds is 7. The molecular formula is C21H25N3O2. The topological polar surface area (TPSA) is 50.4 Å². The van der Waals surface area contributed by atoms with Gasteiger partial charge in [0.25, 0.3) is 5.91 Å². The minimum absolute atomic E-state index is 0.0368. The summed E-state index contributed by atoms with van der Waals surface area (Å²) in [6.45, 7) is 5.96. The Balaban J connectivity index is 1.60. The summed E-state index contributed by atoms with van der Waals surface area (Å²) in [5, 5.41) is 3.02. The van der Waals surface area contributed by atoms with Crippen molar-refractivity contribution in [2.45, 2.75) is 20.4 Å². The van der Waals surface area contributed by atoms with Crippen molar-refractivity contribution in [3.63, 3.8) is 0 Å². The molecule has 0 spiro atoms. The third-order valence-corrected chi connectivity index (χ3v) is 4.64. The molecule has 2 heterocycles. The Morgan fingerprint density at radius 3 is 2.62 bits per heavy atom. The van der Waals surface area contributed by atoms with E-state index in [1.54, 1.807) is 6.26 Å². The number of nitrogens with zero attached hydrogens (tertiary/aromatic N) is 2. The van der Waals surface area contributed by atoms with Crippen LogP contribution in [-0.4, -0.2) is 30.6 Å². The quantitative estimate of drug-likeness (QED) is 0.707. The van der Waals surface area contributed by atoms with Crippen LogP contribution in [-0.2, 0) is 6.54 Å². The monoisotopic (exact) mass is 351 g/mol. The van der Waals surface area contributed by atoms with Crippen LogP contribution in [0.4, 0.5) is 5.69 Å². The van der Waals surface area contributed by atoms with Gasteiger partial charge in [0.1, 0.15) is 5.76 Å². The van der Waals surface area contributed by atoms with Crippen LogP contribution in [0.2, 0.25) is 0 Å². The minimum Gasteiger partial charge on any atom is -0.467 e. The average molecular weight is 351 g/mol. The van der Waals surface area contributed by atoms with E-state index in [0.29, 0.717) is 13.1 Å². The Hall–Kier alpha value is -2.95. The Morgan fingerprint density at radius 1 is 1.15 bits per heavy atom. The fourth-order valence-corrected chi connectivity index (χ4v) is 3.08. The predicted octanol–water partition coefficient (Wildman–Crippen LogP) is 3.61. The third-order valence-electron chi connectivity index (χ3n) is 4.64. The second kappa shape index (κ2) is 7.95. The van der Waals surface area contributed by atoms with Gasteiger partial charge in [-0.25, -0.2) is 0 Å². The fraction of sp³-hybridized carbons (Fsp3) is 0.286. The van der Waals surface area contributed by atoms with E-state index in [9.17, 15) is 4.79 Å². The van der Waals surface area contributed by atoms with Gasteiger partial charge in [-0.1, -0.05) is 18.2 Å². The molecule has 136 valence electrons. The Labute approximate surface area is 154 Å². The van der Waals surface area contributed by atoms with E-state index in [1.807, 2.05) is 57.3 Å². The Kier molecular flexibility index (Phi) is 5.46. The molecule has 3 rings (SSSR count). The van der Waals surface area contributed by atoms with Crippen molar-refractivity contribution in [1.29, 1.82) is 0 Å². The number of carbonyl (C=O) groups excluding carboxylic acids is 1. The van der Waals surface area contributed by atoms with Gasteiger partial charge in [0, 0.05) is 37.2 Å². The van der Waals surface area contributed by atoms with Gasteiger partial charge in [-0.3, -0.25) is 4.79 Å². The summed E-state index contributed by atoms with van der Waals surface area (Å²) in [6, 6.07) is 15.9. The summed E-state index contributed by atoms with van der Waals surface area (Å²) in [5.41, 5.74) is 3.85. The molecule has 1 amide bonds. The lowest BCUT2D eigenvalue weighted by Crippen LogP contribution is -2.33. The number of nitrogens with one attached hydrogen (secondary N) is 1. The summed E-state index contributed by atoms with van der Waals surface area (Å²) in [4.78, 5) is 14.7. The molecule has 1 aromatic carbocycles. The van der Waals surface area contributed by atoms with E-state index in [2.05, 4.69) is 26.9 Å². The number of likely N-dealkylation sites (N-methyl/N-ethyl adjacent to an activating group) is 1. The summed E-state index contributed by atoms with van der Waals surface area (Å²) in [7, 11) is 2.02. The molecule has 0 unspecified atom stereocenters. The molecule has 0 aliphatic heterocycles. The maximum atomic E-state index is 12.6. The molecule has 5 nitrogen and oxygen atoms in total. The van der Waals surface area contributed by atoms with Gasteiger partial charge in [-0.05, 0) is 44.2 Å².